The zero-order valence-corrected chi connectivity index (χ0v) is 15.9. The largest absolute Gasteiger partial charge is 0.234 e. The fourth-order valence-electron chi connectivity index (χ4n) is 2.97. The van der Waals surface area contributed by atoms with Crippen molar-refractivity contribution in [3.05, 3.63) is 0 Å². The molecule has 0 radical (unpaired) electrons. The van der Waals surface area contributed by atoms with E-state index in [2.05, 4.69) is 34.6 Å². The standard InChI is InChI=1S/C18H36O4/c1-15(2,3)14-17(7,8)20-22-18(12-10-9-11-13-18)21-19-16(4,5)6/h9-14H2,1-8H3. The Balaban J connectivity index is 2.65. The molecule has 0 aliphatic heterocycles. The molecule has 0 aromatic rings. The maximum Gasteiger partial charge on any atom is 0.234 e. The topological polar surface area (TPSA) is 36.9 Å². The Bertz CT molecular complexity index is 330. The van der Waals surface area contributed by atoms with Crippen LogP contribution in [0.25, 0.3) is 0 Å². The van der Waals surface area contributed by atoms with E-state index in [1.54, 1.807) is 0 Å². The molecule has 22 heavy (non-hydrogen) atoms. The van der Waals surface area contributed by atoms with Gasteiger partial charge in [-0.2, -0.15) is 9.78 Å². The van der Waals surface area contributed by atoms with Gasteiger partial charge in [-0.1, -0.05) is 27.2 Å². The third-order valence-corrected chi connectivity index (χ3v) is 3.43. The number of rotatable bonds is 6. The molecule has 4 heteroatoms. The van der Waals surface area contributed by atoms with Crippen LogP contribution in [0.4, 0.5) is 0 Å². The van der Waals surface area contributed by atoms with Crippen molar-refractivity contribution in [3.8, 4) is 0 Å². The molecule has 0 aromatic carbocycles. The van der Waals surface area contributed by atoms with E-state index in [9.17, 15) is 0 Å². The van der Waals surface area contributed by atoms with E-state index < -0.39 is 5.79 Å². The second kappa shape index (κ2) is 7.16. The van der Waals surface area contributed by atoms with Gasteiger partial charge in [0.05, 0.1) is 11.2 Å². The molecule has 1 aliphatic carbocycles. The molecule has 0 heterocycles. The third kappa shape index (κ3) is 7.91. The van der Waals surface area contributed by atoms with Gasteiger partial charge in [-0.3, -0.25) is 0 Å². The highest BCUT2D eigenvalue weighted by Gasteiger charge is 2.41. The molecule has 1 fully saturated rings. The quantitative estimate of drug-likeness (QED) is 0.365. The summed E-state index contributed by atoms with van der Waals surface area (Å²) in [7, 11) is 0. The third-order valence-electron chi connectivity index (χ3n) is 3.43. The van der Waals surface area contributed by atoms with Gasteiger partial charge in [-0.25, -0.2) is 9.78 Å². The molecule has 1 saturated carbocycles. The summed E-state index contributed by atoms with van der Waals surface area (Å²) >= 11 is 0. The molecule has 0 atom stereocenters. The van der Waals surface area contributed by atoms with Crippen LogP contribution in [0.1, 0.15) is 93.9 Å². The summed E-state index contributed by atoms with van der Waals surface area (Å²) in [6.45, 7) is 16.6. The Hall–Kier alpha value is -0.160. The molecule has 0 amide bonds. The number of hydrogen-bond donors (Lipinski definition) is 0. The van der Waals surface area contributed by atoms with Crippen molar-refractivity contribution in [2.75, 3.05) is 0 Å². The van der Waals surface area contributed by atoms with E-state index in [1.807, 2.05) is 20.8 Å². The average molecular weight is 316 g/mol. The van der Waals surface area contributed by atoms with E-state index in [0.717, 1.165) is 32.1 Å². The predicted octanol–water partition coefficient (Wildman–Crippen LogP) is 5.56. The molecule has 0 aromatic heterocycles. The molecule has 0 saturated heterocycles. The maximum absolute atomic E-state index is 5.83. The van der Waals surface area contributed by atoms with Gasteiger partial charge in [0.25, 0.3) is 0 Å². The van der Waals surface area contributed by atoms with Crippen LogP contribution in [0.15, 0.2) is 0 Å². The Morgan fingerprint density at radius 1 is 0.727 bits per heavy atom. The van der Waals surface area contributed by atoms with Crippen LogP contribution < -0.4 is 0 Å². The normalized spacial score (nSPS) is 20.2. The van der Waals surface area contributed by atoms with E-state index >= 15 is 0 Å². The van der Waals surface area contributed by atoms with Crippen molar-refractivity contribution in [3.63, 3.8) is 0 Å². The first-order valence-corrected chi connectivity index (χ1v) is 8.56. The van der Waals surface area contributed by atoms with E-state index in [1.165, 1.54) is 6.42 Å². The summed E-state index contributed by atoms with van der Waals surface area (Å²) in [5.41, 5.74) is -0.558. The summed E-state index contributed by atoms with van der Waals surface area (Å²) in [6.07, 6.45) is 5.84. The Kier molecular flexibility index (Phi) is 6.48. The van der Waals surface area contributed by atoms with Crippen molar-refractivity contribution < 1.29 is 19.6 Å². The van der Waals surface area contributed by atoms with Gasteiger partial charge in [0.1, 0.15) is 0 Å². The summed E-state index contributed by atoms with van der Waals surface area (Å²) in [6, 6.07) is 0. The minimum atomic E-state index is -0.777. The Labute approximate surface area is 136 Å². The predicted molar refractivity (Wildman–Crippen MR) is 88.1 cm³/mol. The van der Waals surface area contributed by atoms with Crippen molar-refractivity contribution in [1.82, 2.24) is 0 Å². The molecule has 1 aliphatic rings. The average Bonchev–Trinajstić information content (AvgIpc) is 2.32. The second-order valence-corrected chi connectivity index (χ2v) is 9.41. The molecule has 0 bridgehead atoms. The number of hydrogen-bond acceptors (Lipinski definition) is 4. The van der Waals surface area contributed by atoms with Gasteiger partial charge < -0.3 is 0 Å². The molecule has 0 unspecified atom stereocenters. The summed E-state index contributed by atoms with van der Waals surface area (Å²) in [4.78, 5) is 22.9. The lowest BCUT2D eigenvalue weighted by molar-refractivity contribution is -0.547. The zero-order valence-electron chi connectivity index (χ0n) is 15.9. The Morgan fingerprint density at radius 3 is 1.68 bits per heavy atom. The molecular weight excluding hydrogens is 280 g/mol. The smallest absolute Gasteiger partial charge is 0.228 e. The molecule has 132 valence electrons. The van der Waals surface area contributed by atoms with E-state index in [4.69, 9.17) is 19.6 Å². The summed E-state index contributed by atoms with van der Waals surface area (Å²) < 4.78 is 0. The highest BCUT2D eigenvalue weighted by Crippen LogP contribution is 2.37. The van der Waals surface area contributed by atoms with Crippen molar-refractivity contribution in [1.29, 1.82) is 0 Å². The zero-order chi connectivity index (χ0) is 17.1. The highest BCUT2D eigenvalue weighted by molar-refractivity contribution is 4.77. The first kappa shape index (κ1) is 19.9. The van der Waals surface area contributed by atoms with E-state index in [-0.39, 0.29) is 16.6 Å². The fraction of sp³-hybridized carbons (Fsp3) is 1.00. The highest BCUT2D eigenvalue weighted by atomic mass is 17.3. The van der Waals surface area contributed by atoms with Gasteiger partial charge in [0, 0.05) is 12.8 Å². The fourth-order valence-corrected chi connectivity index (χ4v) is 2.97. The van der Waals surface area contributed by atoms with Gasteiger partial charge >= 0.3 is 0 Å². The maximum atomic E-state index is 5.83. The van der Waals surface area contributed by atoms with Gasteiger partial charge in [-0.15, -0.1) is 0 Å². The first-order valence-electron chi connectivity index (χ1n) is 8.56. The first-order chi connectivity index (χ1) is 9.83. The minimum Gasteiger partial charge on any atom is -0.228 e. The minimum absolute atomic E-state index is 0.176. The molecular formula is C18H36O4. The summed E-state index contributed by atoms with van der Waals surface area (Å²) in [5.74, 6) is -0.777. The van der Waals surface area contributed by atoms with Gasteiger partial charge in [0.15, 0.2) is 0 Å². The monoisotopic (exact) mass is 316 g/mol. The van der Waals surface area contributed by atoms with Crippen molar-refractivity contribution >= 4 is 0 Å². The lowest BCUT2D eigenvalue weighted by Crippen LogP contribution is -2.43. The van der Waals surface area contributed by atoms with Crippen LogP contribution in [0, 0.1) is 5.41 Å². The van der Waals surface area contributed by atoms with Crippen LogP contribution in [0.5, 0.6) is 0 Å². The molecule has 4 nitrogen and oxygen atoms in total. The van der Waals surface area contributed by atoms with Crippen molar-refractivity contribution in [2.45, 2.75) is 111 Å². The van der Waals surface area contributed by atoms with Crippen LogP contribution in [-0.2, 0) is 19.6 Å². The Morgan fingerprint density at radius 2 is 1.23 bits per heavy atom. The molecule has 0 spiro atoms. The van der Waals surface area contributed by atoms with Crippen LogP contribution in [-0.4, -0.2) is 17.0 Å². The second-order valence-electron chi connectivity index (χ2n) is 9.41. The van der Waals surface area contributed by atoms with Crippen LogP contribution in [0.2, 0.25) is 0 Å². The van der Waals surface area contributed by atoms with Gasteiger partial charge in [0.2, 0.25) is 5.79 Å². The summed E-state index contributed by atoms with van der Waals surface area (Å²) in [5, 5.41) is 0. The van der Waals surface area contributed by atoms with Crippen molar-refractivity contribution in [2.24, 2.45) is 5.41 Å². The lowest BCUT2D eigenvalue weighted by atomic mass is 9.84. The van der Waals surface area contributed by atoms with E-state index in [0.29, 0.717) is 0 Å². The van der Waals surface area contributed by atoms with Gasteiger partial charge in [-0.05, 0) is 59.3 Å². The SMILES string of the molecule is CC(C)(C)CC(C)(C)OOC1(OOC(C)(C)C)CCCCC1. The van der Waals surface area contributed by atoms with Crippen LogP contribution in [0.3, 0.4) is 0 Å². The molecule has 1 rings (SSSR count). The lowest BCUT2D eigenvalue weighted by Gasteiger charge is -2.39. The molecule has 0 N–H and O–H groups in total. The van der Waals surface area contributed by atoms with Crippen LogP contribution >= 0.6 is 0 Å².